The SMILES string of the molecule is Cc1ccc2c(c1C)NC(=O)[C@@]21[C@@H]2C(=O)N(c3cccc(Cl)c3)C(=O)[C@@H]2[C@@H]2CCCN21. The van der Waals surface area contributed by atoms with Crippen molar-refractivity contribution in [3.63, 3.8) is 0 Å². The van der Waals surface area contributed by atoms with Crippen LogP contribution in [0.1, 0.15) is 29.5 Å². The molecular formula is C24H22ClN3O3. The number of rotatable bonds is 1. The van der Waals surface area contributed by atoms with Gasteiger partial charge in [0.1, 0.15) is 5.54 Å². The molecule has 2 aromatic rings. The summed E-state index contributed by atoms with van der Waals surface area (Å²) < 4.78 is 0. The molecule has 158 valence electrons. The van der Waals surface area contributed by atoms with Crippen molar-refractivity contribution >= 4 is 40.7 Å². The van der Waals surface area contributed by atoms with Crippen LogP contribution in [0.3, 0.4) is 0 Å². The normalized spacial score (nSPS) is 31.4. The Morgan fingerprint density at radius 3 is 2.68 bits per heavy atom. The van der Waals surface area contributed by atoms with E-state index in [2.05, 4.69) is 10.2 Å². The molecule has 0 saturated carbocycles. The van der Waals surface area contributed by atoms with E-state index in [4.69, 9.17) is 11.6 Å². The third kappa shape index (κ3) is 2.14. The molecule has 4 heterocycles. The van der Waals surface area contributed by atoms with Crippen molar-refractivity contribution in [2.24, 2.45) is 11.8 Å². The molecule has 3 amide bonds. The number of imide groups is 1. The zero-order valence-corrected chi connectivity index (χ0v) is 18.1. The molecule has 3 fully saturated rings. The molecule has 1 spiro atoms. The van der Waals surface area contributed by atoms with Gasteiger partial charge in [0.15, 0.2) is 0 Å². The molecule has 6 rings (SSSR count). The molecule has 0 bridgehead atoms. The topological polar surface area (TPSA) is 69.7 Å². The van der Waals surface area contributed by atoms with E-state index < -0.39 is 17.4 Å². The summed E-state index contributed by atoms with van der Waals surface area (Å²) in [6, 6.07) is 10.6. The van der Waals surface area contributed by atoms with E-state index in [1.165, 1.54) is 4.90 Å². The lowest BCUT2D eigenvalue weighted by molar-refractivity contribution is -0.135. The molecule has 3 saturated heterocycles. The minimum Gasteiger partial charge on any atom is -0.324 e. The van der Waals surface area contributed by atoms with Gasteiger partial charge in [-0.2, -0.15) is 0 Å². The lowest BCUT2D eigenvalue weighted by atomic mass is 9.75. The van der Waals surface area contributed by atoms with Crippen LogP contribution in [0.25, 0.3) is 0 Å². The van der Waals surface area contributed by atoms with Gasteiger partial charge in [-0.25, -0.2) is 4.90 Å². The summed E-state index contributed by atoms with van der Waals surface area (Å²) in [6.07, 6.45) is 1.71. The maximum atomic E-state index is 13.9. The van der Waals surface area contributed by atoms with E-state index in [9.17, 15) is 14.4 Å². The van der Waals surface area contributed by atoms with Gasteiger partial charge in [-0.1, -0.05) is 29.8 Å². The fourth-order valence-corrected chi connectivity index (χ4v) is 6.57. The molecule has 31 heavy (non-hydrogen) atoms. The largest absolute Gasteiger partial charge is 0.324 e. The predicted octanol–water partition coefficient (Wildman–Crippen LogP) is 3.39. The van der Waals surface area contributed by atoms with Crippen LogP contribution < -0.4 is 10.2 Å². The highest BCUT2D eigenvalue weighted by Crippen LogP contribution is 2.61. The first-order valence-electron chi connectivity index (χ1n) is 10.7. The van der Waals surface area contributed by atoms with E-state index in [0.717, 1.165) is 35.2 Å². The number of nitrogens with one attached hydrogen (secondary N) is 1. The van der Waals surface area contributed by atoms with Crippen molar-refractivity contribution in [3.8, 4) is 0 Å². The number of hydrogen-bond acceptors (Lipinski definition) is 4. The van der Waals surface area contributed by atoms with Crippen molar-refractivity contribution in [1.29, 1.82) is 0 Å². The number of aryl methyl sites for hydroxylation is 1. The highest BCUT2D eigenvalue weighted by molar-refractivity contribution is 6.31. The predicted molar refractivity (Wildman–Crippen MR) is 117 cm³/mol. The second-order valence-electron chi connectivity index (χ2n) is 9.05. The van der Waals surface area contributed by atoms with Gasteiger partial charge in [0, 0.05) is 22.3 Å². The molecule has 7 heteroatoms. The van der Waals surface area contributed by atoms with Gasteiger partial charge in [-0.15, -0.1) is 0 Å². The molecule has 4 aliphatic heterocycles. The van der Waals surface area contributed by atoms with Crippen LogP contribution in [0.2, 0.25) is 5.02 Å². The van der Waals surface area contributed by atoms with Gasteiger partial charge in [-0.3, -0.25) is 19.3 Å². The Morgan fingerprint density at radius 1 is 1.10 bits per heavy atom. The van der Waals surface area contributed by atoms with Gasteiger partial charge < -0.3 is 5.32 Å². The third-order valence-electron chi connectivity index (χ3n) is 7.77. The van der Waals surface area contributed by atoms with Crippen LogP contribution in [-0.4, -0.2) is 35.2 Å². The van der Waals surface area contributed by atoms with Crippen molar-refractivity contribution < 1.29 is 14.4 Å². The standard InChI is InChI=1S/C24H22ClN3O3/c1-12-8-9-16-20(13(12)2)26-23(31)24(16)19-18(17-7-4-10-27(17)24)21(29)28(22(19)30)15-6-3-5-14(25)11-15/h3,5-6,8-9,11,17-19H,4,7,10H2,1-2H3,(H,26,31)/t17-,18+,19-,24-/m0/s1. The van der Waals surface area contributed by atoms with Crippen LogP contribution in [0.5, 0.6) is 0 Å². The number of carbonyl (C=O) groups excluding carboxylic acids is 3. The first-order chi connectivity index (χ1) is 14.9. The number of nitrogens with zero attached hydrogens (tertiary/aromatic N) is 2. The Bertz CT molecular complexity index is 1190. The van der Waals surface area contributed by atoms with Gasteiger partial charge in [0.25, 0.3) is 0 Å². The Balaban J connectivity index is 1.57. The molecule has 0 radical (unpaired) electrons. The molecule has 0 aliphatic carbocycles. The summed E-state index contributed by atoms with van der Waals surface area (Å²) in [6.45, 7) is 4.70. The zero-order valence-electron chi connectivity index (χ0n) is 17.3. The molecular weight excluding hydrogens is 414 g/mol. The fraction of sp³-hybridized carbons (Fsp3) is 0.375. The first kappa shape index (κ1) is 19.0. The van der Waals surface area contributed by atoms with E-state index in [-0.39, 0.29) is 23.8 Å². The molecule has 0 aromatic heterocycles. The number of anilines is 2. The van der Waals surface area contributed by atoms with E-state index in [1.54, 1.807) is 24.3 Å². The third-order valence-corrected chi connectivity index (χ3v) is 8.00. The second kappa shape index (κ2) is 6.17. The summed E-state index contributed by atoms with van der Waals surface area (Å²) in [7, 11) is 0. The molecule has 1 N–H and O–H groups in total. The lowest BCUT2D eigenvalue weighted by Crippen LogP contribution is -2.54. The number of halogens is 1. The van der Waals surface area contributed by atoms with Gasteiger partial charge in [-0.05, 0) is 62.6 Å². The Morgan fingerprint density at radius 2 is 1.90 bits per heavy atom. The quantitative estimate of drug-likeness (QED) is 0.697. The zero-order chi connectivity index (χ0) is 21.7. The van der Waals surface area contributed by atoms with Crippen LogP contribution in [0.15, 0.2) is 36.4 Å². The van der Waals surface area contributed by atoms with Crippen molar-refractivity contribution in [2.75, 3.05) is 16.8 Å². The fourth-order valence-electron chi connectivity index (χ4n) is 6.39. The van der Waals surface area contributed by atoms with Crippen LogP contribution >= 0.6 is 11.6 Å². The summed E-state index contributed by atoms with van der Waals surface area (Å²) in [4.78, 5) is 44.6. The van der Waals surface area contributed by atoms with Crippen molar-refractivity contribution in [2.45, 2.75) is 38.3 Å². The average molecular weight is 436 g/mol. The smallest absolute Gasteiger partial charge is 0.250 e. The number of carbonyl (C=O) groups is 3. The summed E-state index contributed by atoms with van der Waals surface area (Å²) >= 11 is 6.15. The lowest BCUT2D eigenvalue weighted by Gasteiger charge is -2.36. The molecule has 4 aliphatic rings. The van der Waals surface area contributed by atoms with Crippen LogP contribution in [-0.2, 0) is 19.9 Å². The number of benzene rings is 2. The van der Waals surface area contributed by atoms with Gasteiger partial charge in [0.2, 0.25) is 17.7 Å². The second-order valence-corrected chi connectivity index (χ2v) is 9.49. The van der Waals surface area contributed by atoms with Crippen molar-refractivity contribution in [1.82, 2.24) is 4.90 Å². The highest BCUT2D eigenvalue weighted by Gasteiger charge is 2.74. The summed E-state index contributed by atoms with van der Waals surface area (Å²) in [5.74, 6) is -2.01. The molecule has 2 aromatic carbocycles. The van der Waals surface area contributed by atoms with Gasteiger partial charge in [0.05, 0.1) is 17.5 Å². The number of fused-ring (bicyclic) bond motifs is 7. The summed E-state index contributed by atoms with van der Waals surface area (Å²) in [5, 5.41) is 3.54. The first-order valence-corrected chi connectivity index (χ1v) is 11.1. The van der Waals surface area contributed by atoms with E-state index in [0.29, 0.717) is 17.3 Å². The maximum Gasteiger partial charge on any atom is 0.250 e. The Labute approximate surface area is 185 Å². The molecule has 4 atom stereocenters. The maximum absolute atomic E-state index is 13.9. The van der Waals surface area contributed by atoms with Crippen LogP contribution in [0.4, 0.5) is 11.4 Å². The average Bonchev–Trinajstić information content (AvgIpc) is 3.43. The molecule has 0 unspecified atom stereocenters. The van der Waals surface area contributed by atoms with Gasteiger partial charge >= 0.3 is 0 Å². The summed E-state index contributed by atoms with van der Waals surface area (Å²) in [5.41, 5.74) is 3.03. The number of hydrogen-bond donors (Lipinski definition) is 1. The minimum absolute atomic E-state index is 0.121. The van der Waals surface area contributed by atoms with E-state index >= 15 is 0 Å². The Hall–Kier alpha value is -2.70. The van der Waals surface area contributed by atoms with Crippen LogP contribution in [0, 0.1) is 25.7 Å². The number of amides is 3. The monoisotopic (exact) mass is 435 g/mol. The minimum atomic E-state index is -1.14. The Kier molecular flexibility index (Phi) is 3.79. The molecule has 6 nitrogen and oxygen atoms in total. The highest BCUT2D eigenvalue weighted by atomic mass is 35.5. The van der Waals surface area contributed by atoms with E-state index in [1.807, 2.05) is 26.0 Å². The van der Waals surface area contributed by atoms with Crippen molar-refractivity contribution in [3.05, 3.63) is 58.1 Å².